The van der Waals surface area contributed by atoms with Gasteiger partial charge in [-0.3, -0.25) is 18.2 Å². The first-order valence-corrected chi connectivity index (χ1v) is 13.1. The molecule has 0 aliphatic carbocycles. The van der Waals surface area contributed by atoms with Crippen molar-refractivity contribution < 1.29 is 61.6 Å². The number of rotatable bonds is 9. The minimum absolute atomic E-state index is 0.0592. The quantitative estimate of drug-likeness (QED) is 0.183. The molecule has 21 heteroatoms. The molecule has 2 unspecified atom stereocenters. The van der Waals surface area contributed by atoms with E-state index in [1.165, 1.54) is 10.9 Å². The summed E-state index contributed by atoms with van der Waals surface area (Å²) in [6, 6.07) is 0. The highest BCUT2D eigenvalue weighted by Gasteiger charge is 2.45. The lowest BCUT2D eigenvalue weighted by atomic mass is 10.1. The number of anilines is 1. The molecule has 0 saturated carbocycles. The fraction of sp³-hybridized carbons (Fsp3) is 0.545. The Bertz CT molecular complexity index is 1120. The van der Waals surface area contributed by atoms with Gasteiger partial charge >= 0.3 is 23.2 Å². The first-order valence-electron chi connectivity index (χ1n) is 8.34. The maximum absolute atomic E-state index is 11.9. The Morgan fingerprint density at radius 1 is 1.06 bits per heavy atom. The molecule has 1 fully saturated rings. The molecule has 32 heavy (non-hydrogen) atoms. The SMILES string of the molecule is Nc1ncnc2c1ncn2[C@@H]1O[C@H](COP(=O)(O)OCP(=O)(O)OP(=O)(O)O)[C@@H](O)[C@H]1O. The highest BCUT2D eigenvalue weighted by atomic mass is 31.3. The Balaban J connectivity index is 1.63. The standard InChI is InChI=1S/C11H18N5O13P3/c12-9-6-10(14-2-13-9)16(3-15-6)11-8(18)7(17)5(28-11)1-26-32(24,25)27-4-30(19,20)29-31(21,22)23/h2-3,5,7-8,11,17-18H,1,4H2,(H,19,20)(H,24,25)(H2,12,13,14)(H2,21,22,23)/t5-,7-,8-,11-/m1/s1. The van der Waals surface area contributed by atoms with Gasteiger partial charge in [-0.05, 0) is 0 Å². The fourth-order valence-electron chi connectivity index (χ4n) is 2.69. The van der Waals surface area contributed by atoms with E-state index in [4.69, 9.17) is 20.3 Å². The minimum Gasteiger partial charge on any atom is -0.387 e. The highest BCUT2D eigenvalue weighted by molar-refractivity contribution is 7.63. The van der Waals surface area contributed by atoms with Gasteiger partial charge in [-0.2, -0.15) is 0 Å². The predicted molar refractivity (Wildman–Crippen MR) is 100 cm³/mol. The lowest BCUT2D eigenvalue weighted by Gasteiger charge is -2.18. The van der Waals surface area contributed by atoms with E-state index in [-0.39, 0.29) is 17.0 Å². The number of imidazole rings is 1. The summed E-state index contributed by atoms with van der Waals surface area (Å²) in [5, 5.41) is 20.5. The van der Waals surface area contributed by atoms with Crippen LogP contribution in [0.15, 0.2) is 12.7 Å². The number of nitrogen functional groups attached to an aromatic ring is 1. The van der Waals surface area contributed by atoms with Crippen molar-refractivity contribution in [3.63, 3.8) is 0 Å². The van der Waals surface area contributed by atoms with Crippen molar-refractivity contribution in [2.75, 3.05) is 18.7 Å². The van der Waals surface area contributed by atoms with Crippen LogP contribution in [0.25, 0.3) is 11.2 Å². The van der Waals surface area contributed by atoms with E-state index in [9.17, 15) is 33.7 Å². The molecule has 18 nitrogen and oxygen atoms in total. The molecule has 180 valence electrons. The summed E-state index contributed by atoms with van der Waals surface area (Å²) >= 11 is 0. The molecular formula is C11H18N5O13P3. The van der Waals surface area contributed by atoms with Crippen LogP contribution in [0.3, 0.4) is 0 Å². The van der Waals surface area contributed by atoms with Crippen molar-refractivity contribution >= 4 is 40.2 Å². The van der Waals surface area contributed by atoms with Gasteiger partial charge in [0.2, 0.25) is 0 Å². The molecule has 2 aromatic heterocycles. The van der Waals surface area contributed by atoms with Gasteiger partial charge in [0.25, 0.3) is 0 Å². The fourth-order valence-corrected chi connectivity index (χ4v) is 5.79. The third kappa shape index (κ3) is 5.95. The average Bonchev–Trinajstić information content (AvgIpc) is 3.20. The molecule has 2 aromatic rings. The highest BCUT2D eigenvalue weighted by Crippen LogP contribution is 2.59. The van der Waals surface area contributed by atoms with E-state index in [1.54, 1.807) is 0 Å². The lowest BCUT2D eigenvalue weighted by Crippen LogP contribution is -2.33. The number of aliphatic hydroxyl groups excluding tert-OH is 2. The Kier molecular flexibility index (Phi) is 7.20. The van der Waals surface area contributed by atoms with Crippen molar-refractivity contribution in [2.24, 2.45) is 0 Å². The number of aromatic nitrogens is 4. The molecule has 0 aromatic carbocycles. The number of phosphoric acid groups is 2. The van der Waals surface area contributed by atoms with Gasteiger partial charge in [-0.25, -0.2) is 28.4 Å². The van der Waals surface area contributed by atoms with Gasteiger partial charge in [0.1, 0.15) is 30.2 Å². The van der Waals surface area contributed by atoms with Crippen LogP contribution in [0.2, 0.25) is 0 Å². The summed E-state index contributed by atoms with van der Waals surface area (Å²) < 4.78 is 53.0. The maximum Gasteiger partial charge on any atom is 0.476 e. The van der Waals surface area contributed by atoms with Crippen molar-refractivity contribution in [1.29, 1.82) is 0 Å². The van der Waals surface area contributed by atoms with E-state index < -0.39 is 60.7 Å². The first-order chi connectivity index (χ1) is 14.7. The summed E-state index contributed by atoms with van der Waals surface area (Å²) in [6.07, 6.45) is -5.01. The second-order valence-corrected chi connectivity index (χ2v) is 11.0. The number of fused-ring (bicyclic) bond motifs is 1. The largest absolute Gasteiger partial charge is 0.476 e. The molecule has 6 atom stereocenters. The van der Waals surface area contributed by atoms with Crippen LogP contribution in [-0.4, -0.2) is 80.6 Å². The van der Waals surface area contributed by atoms with E-state index in [0.717, 1.165) is 6.33 Å². The van der Waals surface area contributed by atoms with E-state index in [1.807, 2.05) is 0 Å². The summed E-state index contributed by atoms with van der Waals surface area (Å²) in [4.78, 5) is 47.6. The zero-order chi connectivity index (χ0) is 23.9. The summed E-state index contributed by atoms with van der Waals surface area (Å²) in [7, 11) is -15.6. The predicted octanol–water partition coefficient (Wildman–Crippen LogP) is -1.59. The van der Waals surface area contributed by atoms with Crippen molar-refractivity contribution in [2.45, 2.75) is 24.5 Å². The Morgan fingerprint density at radius 2 is 1.75 bits per heavy atom. The van der Waals surface area contributed by atoms with Gasteiger partial charge in [-0.15, -0.1) is 0 Å². The number of ether oxygens (including phenoxy) is 1. The third-order valence-electron chi connectivity index (χ3n) is 4.02. The van der Waals surface area contributed by atoms with Crippen molar-refractivity contribution in [3.05, 3.63) is 12.7 Å². The first kappa shape index (κ1) is 25.3. The van der Waals surface area contributed by atoms with Crippen LogP contribution in [0.1, 0.15) is 6.23 Å². The number of hydrogen-bond donors (Lipinski definition) is 7. The van der Waals surface area contributed by atoms with Crippen molar-refractivity contribution in [1.82, 2.24) is 19.5 Å². The number of hydrogen-bond acceptors (Lipinski definition) is 13. The van der Waals surface area contributed by atoms with Crippen molar-refractivity contribution in [3.8, 4) is 0 Å². The number of aliphatic hydroxyl groups is 2. The lowest BCUT2D eigenvalue weighted by molar-refractivity contribution is -0.0511. The summed E-state index contributed by atoms with van der Waals surface area (Å²) in [5.41, 5.74) is 6.06. The van der Waals surface area contributed by atoms with Crippen LogP contribution in [0.4, 0.5) is 5.82 Å². The normalized spacial score (nSPS) is 27.9. The maximum atomic E-state index is 11.9. The molecule has 3 rings (SSSR count). The number of nitrogens with zero attached hydrogens (tertiary/aromatic N) is 4. The number of phosphoric ester groups is 1. The molecular weight excluding hydrogens is 503 g/mol. The number of nitrogens with two attached hydrogens (primary N) is 1. The monoisotopic (exact) mass is 521 g/mol. The molecule has 8 N–H and O–H groups in total. The van der Waals surface area contributed by atoms with E-state index in [0.29, 0.717) is 0 Å². The Hall–Kier alpha value is -1.36. The molecule has 1 aliphatic rings. The summed E-state index contributed by atoms with van der Waals surface area (Å²) in [6.45, 7) is -0.832. The van der Waals surface area contributed by atoms with Crippen LogP contribution in [0.5, 0.6) is 0 Å². The van der Waals surface area contributed by atoms with Gasteiger partial charge in [0.05, 0.1) is 12.9 Å². The molecule has 0 bridgehead atoms. The second-order valence-electron chi connectivity index (χ2n) is 6.36. The summed E-state index contributed by atoms with van der Waals surface area (Å²) in [5.74, 6) is 0.0592. The van der Waals surface area contributed by atoms with E-state index in [2.05, 4.69) is 28.3 Å². The molecule has 0 amide bonds. The molecule has 0 spiro atoms. The average molecular weight is 521 g/mol. The van der Waals surface area contributed by atoms with Gasteiger partial charge in [0.15, 0.2) is 24.0 Å². The molecule has 1 aliphatic heterocycles. The topological polar surface area (TPSA) is 279 Å². The molecule has 0 radical (unpaired) electrons. The van der Waals surface area contributed by atoms with Crippen LogP contribution >= 0.6 is 23.2 Å². The molecule has 3 heterocycles. The zero-order valence-corrected chi connectivity index (χ0v) is 18.3. The zero-order valence-electron chi connectivity index (χ0n) is 15.6. The Morgan fingerprint density at radius 3 is 2.41 bits per heavy atom. The van der Waals surface area contributed by atoms with Crippen LogP contribution < -0.4 is 5.73 Å². The van der Waals surface area contributed by atoms with Gasteiger partial charge < -0.3 is 40.3 Å². The minimum atomic E-state index is -5.38. The van der Waals surface area contributed by atoms with Crippen LogP contribution in [0, 0.1) is 0 Å². The third-order valence-corrected chi connectivity index (χ3v) is 7.48. The second kappa shape index (κ2) is 9.12. The van der Waals surface area contributed by atoms with E-state index >= 15 is 0 Å². The molecule has 1 saturated heterocycles. The van der Waals surface area contributed by atoms with Gasteiger partial charge in [0, 0.05) is 0 Å². The Labute approximate surface area is 177 Å². The smallest absolute Gasteiger partial charge is 0.387 e. The van der Waals surface area contributed by atoms with Crippen LogP contribution in [-0.2, 0) is 31.8 Å². The van der Waals surface area contributed by atoms with Gasteiger partial charge in [-0.1, -0.05) is 0 Å².